The molecular weight excluding hydrogens is 226 g/mol. The lowest BCUT2D eigenvalue weighted by Crippen LogP contribution is -2.13. The largest absolute Gasteiger partial charge is 0.465 e. The second-order valence-electron chi connectivity index (χ2n) is 3.05. The van der Waals surface area contributed by atoms with Crippen molar-refractivity contribution in [2.45, 2.75) is 6.54 Å². The number of methoxy groups -OCH3 is 1. The summed E-state index contributed by atoms with van der Waals surface area (Å²) in [7, 11) is 1.13. The van der Waals surface area contributed by atoms with Crippen LogP contribution in [0.2, 0.25) is 0 Å². The van der Waals surface area contributed by atoms with Gasteiger partial charge in [0.15, 0.2) is 0 Å². The molecule has 0 spiro atoms. The molecule has 2 N–H and O–H groups in total. The molecule has 1 aromatic carbocycles. The average molecular weight is 235 g/mol. The van der Waals surface area contributed by atoms with E-state index in [1.165, 1.54) is 6.07 Å². The van der Waals surface area contributed by atoms with Gasteiger partial charge in [-0.15, -0.1) is 0 Å². The zero-order chi connectivity index (χ0) is 13.0. The molecule has 1 rings (SSSR count). The Morgan fingerprint density at radius 3 is 2.71 bits per heavy atom. The van der Waals surface area contributed by atoms with Gasteiger partial charge < -0.3 is 10.5 Å². The Bertz CT molecular complexity index is 519. The van der Waals surface area contributed by atoms with Crippen LogP contribution in [0.3, 0.4) is 0 Å². The number of nitrogens with zero attached hydrogens (tertiary/aromatic N) is 2. The topological polar surface area (TPSA) is 119 Å². The monoisotopic (exact) mass is 235 g/mol. The van der Waals surface area contributed by atoms with Gasteiger partial charge in [-0.05, 0) is 6.07 Å². The number of hydrogen-bond acceptors (Lipinski definition) is 6. The van der Waals surface area contributed by atoms with Gasteiger partial charge in [0, 0.05) is 12.6 Å². The second kappa shape index (κ2) is 5.05. The van der Waals surface area contributed by atoms with Crippen LogP contribution in [0.4, 0.5) is 5.69 Å². The van der Waals surface area contributed by atoms with Crippen molar-refractivity contribution in [3.63, 3.8) is 0 Å². The van der Waals surface area contributed by atoms with E-state index in [1.807, 2.05) is 0 Å². The number of nitriles is 1. The lowest BCUT2D eigenvalue weighted by molar-refractivity contribution is -0.385. The Morgan fingerprint density at radius 2 is 2.29 bits per heavy atom. The number of esters is 1. The molecule has 0 aliphatic rings. The fourth-order valence-corrected chi connectivity index (χ4v) is 1.44. The minimum Gasteiger partial charge on any atom is -0.465 e. The smallest absolute Gasteiger partial charge is 0.339 e. The fourth-order valence-electron chi connectivity index (χ4n) is 1.44. The Labute approximate surface area is 96.6 Å². The summed E-state index contributed by atoms with van der Waals surface area (Å²) in [5, 5.41) is 19.6. The molecule has 0 saturated carbocycles. The van der Waals surface area contributed by atoms with Crippen LogP contribution in [0.25, 0.3) is 0 Å². The number of nitro benzene ring substituents is 1. The quantitative estimate of drug-likeness (QED) is 0.468. The van der Waals surface area contributed by atoms with Crippen LogP contribution in [0.15, 0.2) is 12.1 Å². The zero-order valence-corrected chi connectivity index (χ0v) is 8.97. The number of benzene rings is 1. The van der Waals surface area contributed by atoms with Gasteiger partial charge in [0.1, 0.15) is 6.07 Å². The van der Waals surface area contributed by atoms with Gasteiger partial charge in [-0.3, -0.25) is 10.1 Å². The molecule has 7 heteroatoms. The van der Waals surface area contributed by atoms with Crippen LogP contribution in [-0.4, -0.2) is 18.0 Å². The second-order valence-corrected chi connectivity index (χ2v) is 3.05. The number of carbonyl (C=O) groups excluding carboxylic acids is 1. The van der Waals surface area contributed by atoms with Crippen molar-refractivity contribution in [2.75, 3.05) is 7.11 Å². The number of carbonyl (C=O) groups is 1. The maximum Gasteiger partial charge on any atom is 0.339 e. The van der Waals surface area contributed by atoms with Gasteiger partial charge >= 0.3 is 5.97 Å². The molecule has 0 saturated heterocycles. The molecule has 0 bridgehead atoms. The molecule has 0 aliphatic heterocycles. The lowest BCUT2D eigenvalue weighted by atomic mass is 10.00. The molecule has 0 amide bonds. The van der Waals surface area contributed by atoms with Crippen molar-refractivity contribution >= 4 is 11.7 Å². The molecule has 0 fully saturated rings. The molecule has 17 heavy (non-hydrogen) atoms. The summed E-state index contributed by atoms with van der Waals surface area (Å²) < 4.78 is 4.49. The van der Waals surface area contributed by atoms with Gasteiger partial charge in [-0.25, -0.2) is 4.79 Å². The first kappa shape index (κ1) is 12.6. The van der Waals surface area contributed by atoms with Crippen molar-refractivity contribution in [3.8, 4) is 6.07 Å². The highest BCUT2D eigenvalue weighted by Gasteiger charge is 2.24. The number of ether oxygens (including phenoxy) is 1. The summed E-state index contributed by atoms with van der Waals surface area (Å²) >= 11 is 0. The molecule has 0 aromatic heterocycles. The molecule has 1 aromatic rings. The van der Waals surface area contributed by atoms with Crippen molar-refractivity contribution in [2.24, 2.45) is 5.73 Å². The molecule has 88 valence electrons. The van der Waals surface area contributed by atoms with Gasteiger partial charge in [0.25, 0.3) is 5.69 Å². The molecule has 0 heterocycles. The predicted octanol–water partition coefficient (Wildman–Crippen LogP) is 0.712. The van der Waals surface area contributed by atoms with Crippen LogP contribution >= 0.6 is 0 Å². The summed E-state index contributed by atoms with van der Waals surface area (Å²) in [4.78, 5) is 21.6. The Balaban J connectivity index is 3.61. The fraction of sp³-hybridized carbons (Fsp3) is 0.200. The average Bonchev–Trinajstić information content (AvgIpc) is 2.35. The van der Waals surface area contributed by atoms with E-state index >= 15 is 0 Å². The van der Waals surface area contributed by atoms with Crippen molar-refractivity contribution < 1.29 is 14.5 Å². The molecule has 0 radical (unpaired) electrons. The molecule has 7 nitrogen and oxygen atoms in total. The minimum atomic E-state index is -0.814. The first-order chi connectivity index (χ1) is 8.06. The standard InChI is InChI=1S/C10H9N3O4/c1-17-10(14)9-6(4-11)2-3-8(13(15)16)7(9)5-12/h2-3H,5,12H2,1H3. The van der Waals surface area contributed by atoms with Crippen molar-refractivity contribution in [1.29, 1.82) is 5.26 Å². The van der Waals surface area contributed by atoms with Crippen LogP contribution in [0.1, 0.15) is 21.5 Å². The Morgan fingerprint density at radius 1 is 1.65 bits per heavy atom. The summed E-state index contributed by atoms with van der Waals surface area (Å²) in [6.45, 7) is -0.226. The third-order valence-electron chi connectivity index (χ3n) is 2.20. The van der Waals surface area contributed by atoms with Crippen LogP contribution in [-0.2, 0) is 11.3 Å². The predicted molar refractivity (Wildman–Crippen MR) is 57.0 cm³/mol. The summed E-state index contributed by atoms with van der Waals surface area (Å²) in [6, 6.07) is 4.12. The highest BCUT2D eigenvalue weighted by Crippen LogP contribution is 2.25. The van der Waals surface area contributed by atoms with Crippen LogP contribution in [0, 0.1) is 21.4 Å². The molecule has 0 atom stereocenters. The van der Waals surface area contributed by atoms with Crippen molar-refractivity contribution in [3.05, 3.63) is 38.9 Å². The minimum absolute atomic E-state index is 0.000833. The van der Waals surface area contributed by atoms with Gasteiger partial charge in [-0.1, -0.05) is 0 Å². The van der Waals surface area contributed by atoms with Gasteiger partial charge in [0.05, 0.1) is 28.7 Å². The maximum absolute atomic E-state index is 11.5. The van der Waals surface area contributed by atoms with Crippen LogP contribution in [0.5, 0.6) is 0 Å². The lowest BCUT2D eigenvalue weighted by Gasteiger charge is -2.08. The van der Waals surface area contributed by atoms with Gasteiger partial charge in [-0.2, -0.15) is 5.26 Å². The number of rotatable bonds is 3. The highest BCUT2D eigenvalue weighted by atomic mass is 16.6. The summed E-state index contributed by atoms with van der Waals surface area (Å²) in [6.07, 6.45) is 0. The Hall–Kier alpha value is -2.46. The van der Waals surface area contributed by atoms with E-state index in [0.717, 1.165) is 13.2 Å². The van der Waals surface area contributed by atoms with E-state index < -0.39 is 10.9 Å². The normalized spacial score (nSPS) is 9.47. The number of nitrogens with two attached hydrogens (primary N) is 1. The maximum atomic E-state index is 11.5. The van der Waals surface area contributed by atoms with E-state index in [1.54, 1.807) is 6.07 Å². The van der Waals surface area contributed by atoms with E-state index in [4.69, 9.17) is 11.0 Å². The van der Waals surface area contributed by atoms with E-state index in [2.05, 4.69) is 4.74 Å². The van der Waals surface area contributed by atoms with E-state index in [-0.39, 0.29) is 28.9 Å². The summed E-state index contributed by atoms with van der Waals surface area (Å²) in [5.74, 6) is -0.814. The first-order valence-electron chi connectivity index (χ1n) is 4.55. The number of nitro groups is 1. The SMILES string of the molecule is COC(=O)c1c(C#N)ccc([N+](=O)[O-])c1CN. The third kappa shape index (κ3) is 2.21. The number of hydrogen-bond donors (Lipinski definition) is 1. The van der Waals surface area contributed by atoms with E-state index in [9.17, 15) is 14.9 Å². The highest BCUT2D eigenvalue weighted by molar-refractivity contribution is 5.95. The zero-order valence-electron chi connectivity index (χ0n) is 8.97. The first-order valence-corrected chi connectivity index (χ1v) is 4.55. The Kier molecular flexibility index (Phi) is 3.74. The van der Waals surface area contributed by atoms with E-state index in [0.29, 0.717) is 0 Å². The molecular formula is C10H9N3O4. The summed E-state index contributed by atoms with van der Waals surface area (Å²) in [5.41, 5.74) is 4.94. The molecule has 0 aliphatic carbocycles. The van der Waals surface area contributed by atoms with Crippen molar-refractivity contribution in [1.82, 2.24) is 0 Å². The van der Waals surface area contributed by atoms with Gasteiger partial charge in [0.2, 0.25) is 0 Å². The third-order valence-corrected chi connectivity index (χ3v) is 2.20. The molecule has 0 unspecified atom stereocenters. The van der Waals surface area contributed by atoms with Crippen LogP contribution < -0.4 is 5.73 Å².